The molecule has 0 aliphatic rings. The van der Waals surface area contributed by atoms with Crippen molar-refractivity contribution in [2.75, 3.05) is 18.8 Å². The van der Waals surface area contributed by atoms with E-state index in [2.05, 4.69) is 53.6 Å². The second kappa shape index (κ2) is 7.49. The molecule has 126 valence electrons. The lowest BCUT2D eigenvalue weighted by atomic mass is 10.1. The second-order valence-electron chi connectivity index (χ2n) is 6.23. The Morgan fingerprint density at radius 3 is 2.38 bits per heavy atom. The molecule has 3 aromatic rings. The molecule has 1 aromatic carbocycles. The van der Waals surface area contributed by atoms with Gasteiger partial charge in [-0.2, -0.15) is 0 Å². The van der Waals surface area contributed by atoms with Gasteiger partial charge < -0.3 is 10.1 Å². The number of nitrogens with zero attached hydrogens (tertiary/aromatic N) is 3. The van der Waals surface area contributed by atoms with E-state index in [1.807, 2.05) is 18.2 Å². The summed E-state index contributed by atoms with van der Waals surface area (Å²) in [5.41, 5.74) is 11.0. The predicted octanol–water partition coefficient (Wildman–Crippen LogP) is 4.21. The van der Waals surface area contributed by atoms with Gasteiger partial charge in [-0.3, -0.25) is 4.90 Å². The highest BCUT2D eigenvalue weighted by atomic mass is 15.1. The van der Waals surface area contributed by atoms with Crippen LogP contribution in [0.3, 0.4) is 0 Å². The molecule has 3 rings (SSSR count). The van der Waals surface area contributed by atoms with E-state index >= 15 is 0 Å². The molecule has 4 nitrogen and oxygen atoms in total. The van der Waals surface area contributed by atoms with Gasteiger partial charge in [-0.15, -0.1) is 0 Å². The van der Waals surface area contributed by atoms with Crippen molar-refractivity contribution in [3.05, 3.63) is 54.4 Å². The molecule has 2 heterocycles. The van der Waals surface area contributed by atoms with Gasteiger partial charge in [0, 0.05) is 24.0 Å². The number of nitrogens with two attached hydrogens (primary N) is 1. The Morgan fingerprint density at radius 1 is 1.00 bits per heavy atom. The molecular formula is C20H26N4. The Bertz CT molecular complexity index is 783. The number of imidazole rings is 1. The fourth-order valence-electron chi connectivity index (χ4n) is 3.18. The zero-order chi connectivity index (χ0) is 16.9. The van der Waals surface area contributed by atoms with Gasteiger partial charge in [-0.1, -0.05) is 32.0 Å². The van der Waals surface area contributed by atoms with Crippen molar-refractivity contribution < 1.29 is 0 Å². The van der Waals surface area contributed by atoms with Gasteiger partial charge in [0.2, 0.25) is 0 Å². The Balaban J connectivity index is 2.06. The number of pyridine rings is 1. The zero-order valence-corrected chi connectivity index (χ0v) is 14.6. The maximum atomic E-state index is 5.84. The van der Waals surface area contributed by atoms with E-state index in [9.17, 15) is 0 Å². The molecule has 0 saturated heterocycles. The molecule has 24 heavy (non-hydrogen) atoms. The quantitative estimate of drug-likeness (QED) is 0.663. The van der Waals surface area contributed by atoms with E-state index < -0.39 is 0 Å². The monoisotopic (exact) mass is 322 g/mol. The highest BCUT2D eigenvalue weighted by Gasteiger charge is 2.16. The summed E-state index contributed by atoms with van der Waals surface area (Å²) >= 11 is 0. The Morgan fingerprint density at radius 2 is 1.71 bits per heavy atom. The van der Waals surface area contributed by atoms with Crippen LogP contribution in [0, 0.1) is 0 Å². The van der Waals surface area contributed by atoms with Gasteiger partial charge in [-0.25, -0.2) is 4.98 Å². The minimum atomic E-state index is 0.780. The molecule has 0 bridgehead atoms. The van der Waals surface area contributed by atoms with E-state index in [1.54, 1.807) is 0 Å². The van der Waals surface area contributed by atoms with Gasteiger partial charge >= 0.3 is 0 Å². The van der Waals surface area contributed by atoms with E-state index in [0.717, 1.165) is 55.1 Å². The largest absolute Gasteiger partial charge is 0.399 e. The van der Waals surface area contributed by atoms with Crippen molar-refractivity contribution >= 4 is 11.3 Å². The Hall–Kier alpha value is -2.33. The van der Waals surface area contributed by atoms with Crippen LogP contribution < -0.4 is 5.73 Å². The molecule has 0 spiro atoms. The summed E-state index contributed by atoms with van der Waals surface area (Å²) in [6.07, 6.45) is 4.43. The number of benzene rings is 1. The third kappa shape index (κ3) is 3.44. The fourth-order valence-corrected chi connectivity index (χ4v) is 3.18. The van der Waals surface area contributed by atoms with Crippen LogP contribution in [0.4, 0.5) is 5.69 Å². The molecular weight excluding hydrogens is 296 g/mol. The van der Waals surface area contributed by atoms with Crippen LogP contribution in [-0.4, -0.2) is 27.4 Å². The second-order valence-corrected chi connectivity index (χ2v) is 6.23. The summed E-state index contributed by atoms with van der Waals surface area (Å²) in [5.74, 6) is 0. The lowest BCUT2D eigenvalue weighted by Crippen LogP contribution is -2.25. The Labute approximate surface area is 143 Å². The van der Waals surface area contributed by atoms with Crippen molar-refractivity contribution in [2.24, 2.45) is 0 Å². The molecule has 2 N–H and O–H groups in total. The van der Waals surface area contributed by atoms with Gasteiger partial charge in [0.25, 0.3) is 0 Å². The molecule has 0 unspecified atom stereocenters. The minimum absolute atomic E-state index is 0.780. The highest BCUT2D eigenvalue weighted by Crippen LogP contribution is 2.26. The zero-order valence-electron chi connectivity index (χ0n) is 14.6. The summed E-state index contributed by atoms with van der Waals surface area (Å²) in [4.78, 5) is 7.39. The first-order chi connectivity index (χ1) is 11.7. The number of hydrogen-bond acceptors (Lipinski definition) is 3. The molecule has 0 amide bonds. The minimum Gasteiger partial charge on any atom is -0.399 e. The van der Waals surface area contributed by atoms with E-state index in [4.69, 9.17) is 10.7 Å². The van der Waals surface area contributed by atoms with Crippen LogP contribution in [0.25, 0.3) is 16.9 Å². The predicted molar refractivity (Wildman–Crippen MR) is 101 cm³/mol. The maximum Gasteiger partial charge on any atom is 0.137 e. The van der Waals surface area contributed by atoms with Gasteiger partial charge in [-0.05, 0) is 50.2 Å². The lowest BCUT2D eigenvalue weighted by Gasteiger charge is -2.21. The van der Waals surface area contributed by atoms with Crippen LogP contribution in [0.15, 0.2) is 48.7 Å². The van der Waals surface area contributed by atoms with Crippen LogP contribution in [0.2, 0.25) is 0 Å². The molecule has 2 aromatic heterocycles. The standard InChI is InChI=1S/C20H26N4/c1-3-12-23(13-4-2)15-18-20(16-8-10-17(21)11-9-16)22-19-7-5-6-14-24(18)19/h5-11,14H,3-4,12-13,15,21H2,1-2H3. The van der Waals surface area contributed by atoms with Crippen LogP contribution in [-0.2, 0) is 6.54 Å². The van der Waals surface area contributed by atoms with E-state index in [1.165, 1.54) is 5.69 Å². The smallest absolute Gasteiger partial charge is 0.137 e. The summed E-state index contributed by atoms with van der Waals surface area (Å²) in [6, 6.07) is 14.2. The van der Waals surface area contributed by atoms with Crippen LogP contribution in [0.5, 0.6) is 0 Å². The Kier molecular flexibility index (Phi) is 5.16. The number of anilines is 1. The van der Waals surface area contributed by atoms with Crippen molar-refractivity contribution in [1.82, 2.24) is 14.3 Å². The first kappa shape index (κ1) is 16.5. The molecule has 4 heteroatoms. The summed E-state index contributed by atoms with van der Waals surface area (Å²) in [7, 11) is 0. The molecule has 0 radical (unpaired) electrons. The van der Waals surface area contributed by atoms with Crippen molar-refractivity contribution in [1.29, 1.82) is 0 Å². The van der Waals surface area contributed by atoms with Gasteiger partial charge in [0.15, 0.2) is 0 Å². The first-order valence-electron chi connectivity index (χ1n) is 8.77. The number of nitrogen functional groups attached to an aromatic ring is 1. The normalized spacial score (nSPS) is 11.5. The molecule has 0 fully saturated rings. The third-order valence-corrected chi connectivity index (χ3v) is 4.27. The van der Waals surface area contributed by atoms with Crippen LogP contribution >= 0.6 is 0 Å². The van der Waals surface area contributed by atoms with Gasteiger partial charge in [0.05, 0.1) is 11.4 Å². The summed E-state index contributed by atoms with van der Waals surface area (Å²) < 4.78 is 2.21. The van der Waals surface area contributed by atoms with E-state index in [0.29, 0.717) is 0 Å². The van der Waals surface area contributed by atoms with Crippen molar-refractivity contribution in [2.45, 2.75) is 33.2 Å². The van der Waals surface area contributed by atoms with Gasteiger partial charge in [0.1, 0.15) is 5.65 Å². The molecule has 0 aliphatic carbocycles. The first-order valence-corrected chi connectivity index (χ1v) is 8.77. The molecule has 0 saturated carbocycles. The number of fused-ring (bicyclic) bond motifs is 1. The lowest BCUT2D eigenvalue weighted by molar-refractivity contribution is 0.263. The summed E-state index contributed by atoms with van der Waals surface area (Å²) in [6.45, 7) is 7.59. The fraction of sp³-hybridized carbons (Fsp3) is 0.350. The SMILES string of the molecule is CCCN(CCC)Cc1c(-c2ccc(N)cc2)nc2ccccn12. The average molecular weight is 322 g/mol. The van der Waals surface area contributed by atoms with Crippen molar-refractivity contribution in [3.63, 3.8) is 0 Å². The van der Waals surface area contributed by atoms with E-state index in [-0.39, 0.29) is 0 Å². The maximum absolute atomic E-state index is 5.84. The third-order valence-electron chi connectivity index (χ3n) is 4.27. The number of rotatable bonds is 7. The highest BCUT2D eigenvalue weighted by molar-refractivity contribution is 5.68. The average Bonchev–Trinajstić information content (AvgIpc) is 2.95. The molecule has 0 aliphatic heterocycles. The summed E-state index contributed by atoms with van der Waals surface area (Å²) in [5, 5.41) is 0. The van der Waals surface area contributed by atoms with Crippen molar-refractivity contribution in [3.8, 4) is 11.3 Å². The van der Waals surface area contributed by atoms with Crippen LogP contribution in [0.1, 0.15) is 32.4 Å². The topological polar surface area (TPSA) is 46.6 Å². The molecule has 0 atom stereocenters. The number of aromatic nitrogens is 2. The number of hydrogen-bond donors (Lipinski definition) is 1.